The normalized spacial score (nSPS) is 15.8. The van der Waals surface area contributed by atoms with Crippen molar-refractivity contribution in [2.24, 2.45) is 5.92 Å². The molecule has 1 fully saturated rings. The average molecular weight is 345 g/mol. The molecule has 128 valence electrons. The summed E-state index contributed by atoms with van der Waals surface area (Å²) in [5.41, 5.74) is 3.08. The van der Waals surface area contributed by atoms with Gasteiger partial charge in [0.15, 0.2) is 5.82 Å². The first kappa shape index (κ1) is 17.3. The third-order valence-corrected chi connectivity index (χ3v) is 4.72. The fraction of sp³-hybridized carbons (Fsp3) is 0.474. The lowest BCUT2D eigenvalue weighted by atomic mass is 9.98. The Labute approximate surface area is 149 Å². The van der Waals surface area contributed by atoms with Crippen molar-refractivity contribution in [2.45, 2.75) is 26.3 Å². The van der Waals surface area contributed by atoms with Gasteiger partial charge in [-0.1, -0.05) is 11.6 Å². The van der Waals surface area contributed by atoms with E-state index >= 15 is 0 Å². The smallest absolute Gasteiger partial charge is 0.159 e. The van der Waals surface area contributed by atoms with E-state index in [1.807, 2.05) is 31.2 Å². The summed E-state index contributed by atoms with van der Waals surface area (Å²) in [6.45, 7) is 6.30. The van der Waals surface area contributed by atoms with Gasteiger partial charge in [-0.05, 0) is 76.2 Å². The van der Waals surface area contributed by atoms with Crippen LogP contribution in [0.3, 0.4) is 0 Å². The maximum atomic E-state index is 5.97. The highest BCUT2D eigenvalue weighted by molar-refractivity contribution is 6.30. The molecule has 4 nitrogen and oxygen atoms in total. The summed E-state index contributed by atoms with van der Waals surface area (Å²) in [4.78, 5) is 11.7. The minimum Gasteiger partial charge on any atom is -0.317 e. The van der Waals surface area contributed by atoms with Crippen LogP contribution in [0.2, 0.25) is 5.02 Å². The highest BCUT2D eigenvalue weighted by atomic mass is 35.5. The molecule has 24 heavy (non-hydrogen) atoms. The van der Waals surface area contributed by atoms with Crippen molar-refractivity contribution in [1.29, 1.82) is 0 Å². The zero-order valence-corrected chi connectivity index (χ0v) is 15.2. The number of rotatable bonds is 5. The van der Waals surface area contributed by atoms with Crippen LogP contribution in [0.5, 0.6) is 0 Å². The van der Waals surface area contributed by atoms with Crippen molar-refractivity contribution < 1.29 is 0 Å². The lowest BCUT2D eigenvalue weighted by molar-refractivity contribution is 0.232. The van der Waals surface area contributed by atoms with E-state index in [1.165, 1.54) is 12.8 Å². The molecule has 1 aromatic heterocycles. The number of hydrogen-bond donors (Lipinski definition) is 1. The first-order chi connectivity index (χ1) is 11.6. The molecular formula is C19H25ClN4. The number of aryl methyl sites for hydroxylation is 1. The summed E-state index contributed by atoms with van der Waals surface area (Å²) in [6, 6.07) is 9.79. The second-order valence-corrected chi connectivity index (χ2v) is 7.16. The number of piperidine rings is 1. The molecule has 1 aromatic carbocycles. The van der Waals surface area contributed by atoms with Gasteiger partial charge in [0.1, 0.15) is 0 Å². The van der Waals surface area contributed by atoms with E-state index in [9.17, 15) is 0 Å². The molecule has 0 atom stereocenters. The number of halogens is 1. The van der Waals surface area contributed by atoms with Gasteiger partial charge < -0.3 is 10.2 Å². The monoisotopic (exact) mass is 344 g/mol. The van der Waals surface area contributed by atoms with Gasteiger partial charge in [-0.3, -0.25) is 0 Å². The topological polar surface area (TPSA) is 41.0 Å². The average Bonchev–Trinajstić information content (AvgIpc) is 2.55. The molecule has 0 radical (unpaired) electrons. The minimum absolute atomic E-state index is 0.730. The zero-order valence-electron chi connectivity index (χ0n) is 14.4. The van der Waals surface area contributed by atoms with E-state index < -0.39 is 0 Å². The number of nitrogens with zero attached hydrogens (tertiary/aromatic N) is 3. The van der Waals surface area contributed by atoms with Gasteiger partial charge in [-0.15, -0.1) is 0 Å². The van der Waals surface area contributed by atoms with E-state index in [4.69, 9.17) is 16.6 Å². The van der Waals surface area contributed by atoms with Crippen molar-refractivity contribution in [3.8, 4) is 11.4 Å². The molecule has 0 aliphatic carbocycles. The molecule has 0 spiro atoms. The highest BCUT2D eigenvalue weighted by Crippen LogP contribution is 2.20. The lowest BCUT2D eigenvalue weighted by Gasteiger charge is -2.27. The first-order valence-electron chi connectivity index (χ1n) is 8.60. The Balaban J connectivity index is 1.70. The molecule has 0 amide bonds. The van der Waals surface area contributed by atoms with E-state index in [0.717, 1.165) is 59.9 Å². The summed E-state index contributed by atoms with van der Waals surface area (Å²) in [5.74, 6) is 1.56. The van der Waals surface area contributed by atoms with Crippen LogP contribution in [-0.4, -0.2) is 41.5 Å². The molecule has 0 unspecified atom stereocenters. The molecule has 0 saturated carbocycles. The molecule has 5 heteroatoms. The molecule has 3 rings (SSSR count). The van der Waals surface area contributed by atoms with Crippen molar-refractivity contribution in [3.05, 3.63) is 46.7 Å². The summed E-state index contributed by atoms with van der Waals surface area (Å²) >= 11 is 5.97. The van der Waals surface area contributed by atoms with Gasteiger partial charge in [0.2, 0.25) is 0 Å². The van der Waals surface area contributed by atoms with E-state index in [1.54, 1.807) is 0 Å². The number of nitrogens with one attached hydrogen (secondary N) is 1. The Bertz CT molecular complexity index is 666. The second kappa shape index (κ2) is 8.06. The van der Waals surface area contributed by atoms with Gasteiger partial charge in [0.25, 0.3) is 0 Å². The predicted octanol–water partition coefficient (Wildman–Crippen LogP) is 3.54. The Hall–Kier alpha value is -1.49. The van der Waals surface area contributed by atoms with E-state index in [2.05, 4.69) is 28.3 Å². The fourth-order valence-electron chi connectivity index (χ4n) is 3.29. The van der Waals surface area contributed by atoms with Crippen LogP contribution in [0.25, 0.3) is 11.4 Å². The fourth-order valence-corrected chi connectivity index (χ4v) is 3.41. The van der Waals surface area contributed by atoms with Crippen LogP contribution in [0.4, 0.5) is 0 Å². The summed E-state index contributed by atoms with van der Waals surface area (Å²) < 4.78 is 0. The van der Waals surface area contributed by atoms with Crippen molar-refractivity contribution in [3.63, 3.8) is 0 Å². The molecule has 2 heterocycles. The van der Waals surface area contributed by atoms with Crippen LogP contribution >= 0.6 is 11.6 Å². The molecule has 1 saturated heterocycles. The second-order valence-electron chi connectivity index (χ2n) is 6.72. The van der Waals surface area contributed by atoms with Crippen LogP contribution in [0.1, 0.15) is 24.2 Å². The van der Waals surface area contributed by atoms with Crippen LogP contribution < -0.4 is 5.32 Å². The Morgan fingerprint density at radius 2 is 1.88 bits per heavy atom. The molecule has 2 aromatic rings. The van der Waals surface area contributed by atoms with Gasteiger partial charge in [0, 0.05) is 29.4 Å². The van der Waals surface area contributed by atoms with Crippen molar-refractivity contribution in [1.82, 2.24) is 20.2 Å². The minimum atomic E-state index is 0.730. The van der Waals surface area contributed by atoms with Gasteiger partial charge in [0.05, 0.1) is 5.69 Å². The SMILES string of the molecule is Cc1cc(CN(C)CC2CCNCC2)nc(-c2ccc(Cl)cc2)n1. The third-order valence-electron chi connectivity index (χ3n) is 4.47. The molecule has 1 aliphatic heterocycles. The van der Waals surface area contributed by atoms with E-state index in [-0.39, 0.29) is 0 Å². The van der Waals surface area contributed by atoms with Gasteiger partial charge in [-0.2, -0.15) is 0 Å². The molecule has 1 aliphatic rings. The largest absolute Gasteiger partial charge is 0.317 e. The summed E-state index contributed by atoms with van der Waals surface area (Å²) in [7, 11) is 2.18. The Morgan fingerprint density at radius 3 is 2.58 bits per heavy atom. The van der Waals surface area contributed by atoms with E-state index in [0.29, 0.717) is 0 Å². The number of benzene rings is 1. The highest BCUT2D eigenvalue weighted by Gasteiger charge is 2.16. The van der Waals surface area contributed by atoms with Gasteiger partial charge >= 0.3 is 0 Å². The van der Waals surface area contributed by atoms with Crippen molar-refractivity contribution in [2.75, 3.05) is 26.7 Å². The Morgan fingerprint density at radius 1 is 1.17 bits per heavy atom. The maximum Gasteiger partial charge on any atom is 0.159 e. The standard InChI is InChI=1S/C19H25ClN4/c1-14-11-18(13-24(2)12-15-7-9-21-10-8-15)23-19(22-14)16-3-5-17(20)6-4-16/h3-6,11,15,21H,7-10,12-13H2,1-2H3. The van der Waals surface area contributed by atoms with Gasteiger partial charge in [-0.25, -0.2) is 9.97 Å². The van der Waals surface area contributed by atoms with Crippen LogP contribution in [0, 0.1) is 12.8 Å². The zero-order chi connectivity index (χ0) is 16.9. The summed E-state index contributed by atoms with van der Waals surface area (Å²) in [5, 5.41) is 4.16. The lowest BCUT2D eigenvalue weighted by Crippen LogP contribution is -2.34. The molecule has 0 bridgehead atoms. The van der Waals surface area contributed by atoms with Crippen molar-refractivity contribution >= 4 is 11.6 Å². The maximum absolute atomic E-state index is 5.97. The third kappa shape index (κ3) is 4.76. The molecular weight excluding hydrogens is 320 g/mol. The van der Waals surface area contributed by atoms with Crippen LogP contribution in [0.15, 0.2) is 30.3 Å². The quantitative estimate of drug-likeness (QED) is 0.900. The first-order valence-corrected chi connectivity index (χ1v) is 8.98. The summed E-state index contributed by atoms with van der Waals surface area (Å²) in [6.07, 6.45) is 2.53. The Kier molecular flexibility index (Phi) is 5.82. The number of hydrogen-bond acceptors (Lipinski definition) is 4. The molecule has 1 N–H and O–H groups in total. The predicted molar refractivity (Wildman–Crippen MR) is 99.1 cm³/mol. The van der Waals surface area contributed by atoms with Crippen LogP contribution in [-0.2, 0) is 6.54 Å². The number of aromatic nitrogens is 2.